The van der Waals surface area contributed by atoms with Crippen molar-refractivity contribution in [2.45, 2.75) is 44.6 Å². The zero-order valence-corrected chi connectivity index (χ0v) is 7.71. The molecule has 12 heavy (non-hydrogen) atoms. The summed E-state index contributed by atoms with van der Waals surface area (Å²) in [5, 5.41) is 8.75. The third-order valence-electron chi connectivity index (χ3n) is 3.60. The van der Waals surface area contributed by atoms with Crippen LogP contribution in [-0.2, 0) is 0 Å². The maximum absolute atomic E-state index is 8.75. The Balaban J connectivity index is 1.96. The smallest absolute Gasteiger partial charge is 0.179 e. The number of nitrogens with zero attached hydrogens (tertiary/aromatic N) is 2. The topological polar surface area (TPSA) is 26.8 Å². The molecule has 0 aromatic rings. The lowest BCUT2D eigenvalue weighted by atomic mass is 9.80. The predicted octanol–water partition coefficient (Wildman–Crippen LogP) is 2.12. The predicted molar refractivity (Wildman–Crippen MR) is 47.3 cm³/mol. The molecule has 0 aromatic carbocycles. The lowest BCUT2D eigenvalue weighted by molar-refractivity contribution is 0.267. The molecular weight excluding hydrogens is 148 g/mol. The van der Waals surface area contributed by atoms with Crippen LogP contribution < -0.4 is 0 Å². The lowest BCUT2D eigenvalue weighted by Gasteiger charge is -2.26. The van der Waals surface area contributed by atoms with E-state index >= 15 is 0 Å². The van der Waals surface area contributed by atoms with Crippen LogP contribution in [0.15, 0.2) is 0 Å². The Morgan fingerprint density at radius 1 is 1.33 bits per heavy atom. The molecule has 1 heterocycles. The molecule has 1 aliphatic carbocycles. The Kier molecular flexibility index (Phi) is 1.75. The molecule has 0 amide bonds. The summed E-state index contributed by atoms with van der Waals surface area (Å²) in [7, 11) is 0. The monoisotopic (exact) mass is 164 g/mol. The van der Waals surface area contributed by atoms with Crippen molar-refractivity contribution >= 4 is 0 Å². The Labute approximate surface area is 74.2 Å². The molecule has 1 saturated heterocycles. The first kappa shape index (κ1) is 7.91. The van der Waals surface area contributed by atoms with Crippen LogP contribution in [0.2, 0.25) is 0 Å². The van der Waals surface area contributed by atoms with Crippen molar-refractivity contribution in [2.24, 2.45) is 5.92 Å². The molecular formula is C10H16N2. The summed E-state index contributed by atoms with van der Waals surface area (Å²) < 4.78 is 0. The third kappa shape index (κ3) is 1.08. The van der Waals surface area contributed by atoms with Gasteiger partial charge in [-0.25, -0.2) is 0 Å². The Bertz CT molecular complexity index is 212. The highest BCUT2D eigenvalue weighted by molar-refractivity contribution is 5.13. The van der Waals surface area contributed by atoms with E-state index in [9.17, 15) is 0 Å². The zero-order chi connectivity index (χ0) is 8.60. The van der Waals surface area contributed by atoms with Crippen LogP contribution >= 0.6 is 0 Å². The van der Waals surface area contributed by atoms with Crippen molar-refractivity contribution in [3.63, 3.8) is 0 Å². The van der Waals surface area contributed by atoms with Crippen molar-refractivity contribution in [2.75, 3.05) is 6.54 Å². The van der Waals surface area contributed by atoms with Crippen LogP contribution in [0.1, 0.15) is 39.0 Å². The minimum Gasteiger partial charge on any atom is -0.300 e. The minimum atomic E-state index is 0.259. The molecule has 2 heteroatoms. The van der Waals surface area contributed by atoms with E-state index in [0.717, 1.165) is 12.5 Å². The second-order valence-electron chi connectivity index (χ2n) is 4.38. The largest absolute Gasteiger partial charge is 0.300 e. The van der Waals surface area contributed by atoms with Gasteiger partial charge < -0.3 is 4.90 Å². The van der Waals surface area contributed by atoms with E-state index in [2.05, 4.69) is 13.1 Å². The van der Waals surface area contributed by atoms with Crippen LogP contribution in [0.5, 0.6) is 0 Å². The number of rotatable bonds is 1. The summed E-state index contributed by atoms with van der Waals surface area (Å²) in [6.45, 7) is 3.25. The molecule has 0 N–H and O–H groups in total. The summed E-state index contributed by atoms with van der Waals surface area (Å²) in [5.41, 5.74) is 0.259. The van der Waals surface area contributed by atoms with E-state index in [0.29, 0.717) is 0 Å². The van der Waals surface area contributed by atoms with E-state index in [1.54, 1.807) is 0 Å². The van der Waals surface area contributed by atoms with Gasteiger partial charge in [0.2, 0.25) is 0 Å². The highest BCUT2D eigenvalue weighted by atomic mass is 15.3. The van der Waals surface area contributed by atoms with Crippen molar-refractivity contribution in [1.82, 2.24) is 4.90 Å². The Morgan fingerprint density at radius 3 is 2.50 bits per heavy atom. The standard InChI is InChI=1S/C10H16N2/c1-10(7-12(10)8-11)9-5-3-2-4-6-9/h9H,2-7H2,1H3. The summed E-state index contributed by atoms with van der Waals surface area (Å²) in [6, 6.07) is 0. The van der Waals surface area contributed by atoms with Crippen LogP contribution in [0.4, 0.5) is 0 Å². The lowest BCUT2D eigenvalue weighted by Crippen LogP contribution is -2.26. The van der Waals surface area contributed by atoms with Gasteiger partial charge in [0.1, 0.15) is 0 Å². The Morgan fingerprint density at radius 2 is 2.00 bits per heavy atom. The molecule has 0 bridgehead atoms. The molecule has 0 radical (unpaired) electrons. The van der Waals surface area contributed by atoms with Crippen molar-refractivity contribution in [3.05, 3.63) is 0 Å². The van der Waals surface area contributed by atoms with Gasteiger partial charge in [-0.05, 0) is 25.7 Å². The van der Waals surface area contributed by atoms with Crippen molar-refractivity contribution < 1.29 is 0 Å². The van der Waals surface area contributed by atoms with E-state index in [-0.39, 0.29) is 5.54 Å². The van der Waals surface area contributed by atoms with Gasteiger partial charge in [0.05, 0.1) is 12.1 Å². The van der Waals surface area contributed by atoms with Gasteiger partial charge in [0, 0.05) is 0 Å². The fourth-order valence-corrected chi connectivity index (χ4v) is 2.51. The van der Waals surface area contributed by atoms with Gasteiger partial charge in [-0.3, -0.25) is 0 Å². The molecule has 2 aliphatic rings. The van der Waals surface area contributed by atoms with Gasteiger partial charge in [0.25, 0.3) is 0 Å². The van der Waals surface area contributed by atoms with Crippen LogP contribution in [0.3, 0.4) is 0 Å². The van der Waals surface area contributed by atoms with E-state index in [1.807, 2.05) is 4.90 Å². The molecule has 1 aliphatic heterocycles. The average molecular weight is 164 g/mol. The molecule has 1 atom stereocenters. The minimum absolute atomic E-state index is 0.259. The van der Waals surface area contributed by atoms with Gasteiger partial charge in [-0.1, -0.05) is 19.3 Å². The normalized spacial score (nSPS) is 36.2. The highest BCUT2D eigenvalue weighted by Gasteiger charge is 2.52. The number of hydrogen-bond acceptors (Lipinski definition) is 2. The molecule has 1 unspecified atom stereocenters. The van der Waals surface area contributed by atoms with Crippen molar-refractivity contribution in [3.8, 4) is 6.19 Å². The quantitative estimate of drug-likeness (QED) is 0.438. The fourth-order valence-electron chi connectivity index (χ4n) is 2.51. The second-order valence-corrected chi connectivity index (χ2v) is 4.38. The Hall–Kier alpha value is -0.710. The maximum atomic E-state index is 8.75. The molecule has 2 fully saturated rings. The molecule has 2 rings (SSSR count). The first-order chi connectivity index (χ1) is 5.77. The third-order valence-corrected chi connectivity index (χ3v) is 3.60. The molecule has 0 spiro atoms. The SMILES string of the molecule is CC1(C2CCCCC2)CN1C#N. The molecule has 1 saturated carbocycles. The summed E-state index contributed by atoms with van der Waals surface area (Å²) in [4.78, 5) is 1.93. The molecule has 0 aromatic heterocycles. The van der Waals surface area contributed by atoms with Crippen LogP contribution in [0, 0.1) is 17.4 Å². The van der Waals surface area contributed by atoms with Gasteiger partial charge >= 0.3 is 0 Å². The van der Waals surface area contributed by atoms with Gasteiger partial charge in [0.15, 0.2) is 6.19 Å². The average Bonchev–Trinajstić information content (AvgIpc) is 2.81. The van der Waals surface area contributed by atoms with E-state index in [4.69, 9.17) is 5.26 Å². The highest BCUT2D eigenvalue weighted by Crippen LogP contribution is 2.44. The summed E-state index contributed by atoms with van der Waals surface area (Å²) in [6.07, 6.45) is 9.09. The maximum Gasteiger partial charge on any atom is 0.179 e. The first-order valence-electron chi connectivity index (χ1n) is 4.95. The fraction of sp³-hybridized carbons (Fsp3) is 0.900. The zero-order valence-electron chi connectivity index (χ0n) is 7.71. The number of nitriles is 1. The van der Waals surface area contributed by atoms with Gasteiger partial charge in [-0.15, -0.1) is 0 Å². The van der Waals surface area contributed by atoms with Crippen LogP contribution in [-0.4, -0.2) is 17.0 Å². The van der Waals surface area contributed by atoms with Crippen LogP contribution in [0.25, 0.3) is 0 Å². The molecule has 2 nitrogen and oxygen atoms in total. The summed E-state index contributed by atoms with van der Waals surface area (Å²) >= 11 is 0. The van der Waals surface area contributed by atoms with Crippen molar-refractivity contribution in [1.29, 1.82) is 5.26 Å². The summed E-state index contributed by atoms with van der Waals surface area (Å²) in [5.74, 6) is 0.797. The van der Waals surface area contributed by atoms with E-state index < -0.39 is 0 Å². The van der Waals surface area contributed by atoms with Gasteiger partial charge in [-0.2, -0.15) is 5.26 Å². The first-order valence-corrected chi connectivity index (χ1v) is 4.95. The number of hydrogen-bond donors (Lipinski definition) is 0. The second kappa shape index (κ2) is 2.65. The van der Waals surface area contributed by atoms with E-state index in [1.165, 1.54) is 32.1 Å². The molecule has 66 valence electrons.